The number of piperazine rings is 1. The van der Waals surface area contributed by atoms with Gasteiger partial charge in [-0.25, -0.2) is 4.98 Å². The second-order valence-electron chi connectivity index (χ2n) is 8.03. The van der Waals surface area contributed by atoms with E-state index in [-0.39, 0.29) is 11.3 Å². The highest BCUT2D eigenvalue weighted by molar-refractivity contribution is 5.92. The van der Waals surface area contributed by atoms with Crippen LogP contribution in [0, 0.1) is 6.92 Å². The molecule has 0 N–H and O–H groups in total. The number of carbonyl (C=O) groups is 1. The number of carbonyl (C=O) groups excluding carboxylic acids is 1. The minimum atomic E-state index is -0.133. The molecule has 5 rings (SSSR count). The van der Waals surface area contributed by atoms with Crippen molar-refractivity contribution in [3.05, 3.63) is 88.3 Å². The summed E-state index contributed by atoms with van der Waals surface area (Å²) in [5.74, 6) is 0.815. The van der Waals surface area contributed by atoms with E-state index in [1.54, 1.807) is 23.1 Å². The molecule has 1 aliphatic heterocycles. The molecule has 3 heterocycles. The molecule has 2 aromatic heterocycles. The van der Waals surface area contributed by atoms with Crippen molar-refractivity contribution in [1.29, 1.82) is 0 Å². The van der Waals surface area contributed by atoms with E-state index in [2.05, 4.69) is 11.0 Å². The van der Waals surface area contributed by atoms with Crippen molar-refractivity contribution in [2.75, 3.05) is 31.1 Å². The van der Waals surface area contributed by atoms with E-state index in [4.69, 9.17) is 9.40 Å². The number of aromatic nitrogens is 1. The van der Waals surface area contributed by atoms with Crippen LogP contribution in [0.5, 0.6) is 0 Å². The smallest absolute Gasteiger partial charge is 0.246 e. The maximum absolute atomic E-state index is 12.7. The van der Waals surface area contributed by atoms with E-state index in [0.29, 0.717) is 42.7 Å². The van der Waals surface area contributed by atoms with Crippen LogP contribution < -0.4 is 10.3 Å². The predicted octanol–water partition coefficient (Wildman–Crippen LogP) is 4.01. The number of hydrogen-bond acceptors (Lipinski definition) is 5. The van der Waals surface area contributed by atoms with Crippen LogP contribution in [0.2, 0.25) is 0 Å². The van der Waals surface area contributed by atoms with Gasteiger partial charge >= 0.3 is 0 Å². The number of hydrogen-bond donors (Lipinski definition) is 0. The number of fused-ring (bicyclic) bond motifs is 2. The molecule has 32 heavy (non-hydrogen) atoms. The Balaban J connectivity index is 1.26. The summed E-state index contributed by atoms with van der Waals surface area (Å²) in [5.41, 5.74) is 2.74. The van der Waals surface area contributed by atoms with Crippen LogP contribution in [0.25, 0.3) is 27.9 Å². The second-order valence-corrected chi connectivity index (χ2v) is 8.03. The van der Waals surface area contributed by atoms with Crippen LogP contribution in [-0.4, -0.2) is 42.0 Å². The fourth-order valence-electron chi connectivity index (χ4n) is 4.03. The Morgan fingerprint density at radius 3 is 2.69 bits per heavy atom. The second kappa shape index (κ2) is 8.30. The van der Waals surface area contributed by atoms with E-state index in [9.17, 15) is 9.59 Å². The molecule has 0 atom stereocenters. The summed E-state index contributed by atoms with van der Waals surface area (Å²) in [6, 6.07) is 17.6. The molecule has 0 radical (unpaired) electrons. The zero-order chi connectivity index (χ0) is 22.1. The zero-order valence-electron chi connectivity index (χ0n) is 17.8. The Kier molecular flexibility index (Phi) is 5.19. The van der Waals surface area contributed by atoms with Gasteiger partial charge in [-0.3, -0.25) is 9.59 Å². The summed E-state index contributed by atoms with van der Waals surface area (Å²) >= 11 is 0. The third-order valence-electron chi connectivity index (χ3n) is 5.86. The summed E-state index contributed by atoms with van der Waals surface area (Å²) in [7, 11) is 0. The van der Waals surface area contributed by atoms with E-state index in [0.717, 1.165) is 22.3 Å². The lowest BCUT2D eigenvalue weighted by atomic mass is 10.1. The molecule has 1 fully saturated rings. The van der Waals surface area contributed by atoms with Crippen LogP contribution in [-0.2, 0) is 4.79 Å². The largest absolute Gasteiger partial charge is 0.463 e. The quantitative estimate of drug-likeness (QED) is 0.464. The van der Waals surface area contributed by atoms with Crippen LogP contribution >= 0.6 is 0 Å². The van der Waals surface area contributed by atoms with E-state index >= 15 is 0 Å². The Morgan fingerprint density at radius 1 is 1.03 bits per heavy atom. The fourth-order valence-corrected chi connectivity index (χ4v) is 4.03. The molecule has 0 unspecified atom stereocenters. The molecule has 0 spiro atoms. The molecule has 4 aromatic rings. The number of para-hydroxylation sites is 1. The highest BCUT2D eigenvalue weighted by atomic mass is 16.3. The third kappa shape index (κ3) is 3.87. The van der Waals surface area contributed by atoms with Gasteiger partial charge in [0.25, 0.3) is 0 Å². The predicted molar refractivity (Wildman–Crippen MR) is 127 cm³/mol. The number of rotatable bonds is 3. The van der Waals surface area contributed by atoms with Crippen LogP contribution in [0.4, 0.5) is 5.82 Å². The van der Waals surface area contributed by atoms with Gasteiger partial charge < -0.3 is 14.2 Å². The Hall–Kier alpha value is -3.93. The van der Waals surface area contributed by atoms with Crippen molar-refractivity contribution in [2.45, 2.75) is 6.92 Å². The standard InChI is InChI=1S/C26H23N3O3/c1-18-6-9-23-21(16-18)26(31)20(17-32-23)8-11-25(30)29-14-12-28(13-15-29)24-10-7-19-4-2-3-5-22(19)27-24/h2-11,16-17H,12-15H2,1H3/b11-8+. The molecule has 2 aromatic carbocycles. The minimum Gasteiger partial charge on any atom is -0.463 e. The maximum atomic E-state index is 12.7. The van der Waals surface area contributed by atoms with Gasteiger partial charge in [0.2, 0.25) is 5.91 Å². The van der Waals surface area contributed by atoms with Crippen molar-refractivity contribution >= 4 is 39.7 Å². The molecule has 0 aliphatic carbocycles. The van der Waals surface area contributed by atoms with Crippen LogP contribution in [0.1, 0.15) is 11.1 Å². The Morgan fingerprint density at radius 2 is 1.84 bits per heavy atom. The summed E-state index contributed by atoms with van der Waals surface area (Å²) in [6.07, 6.45) is 4.41. The molecular formula is C26H23N3O3. The van der Waals surface area contributed by atoms with Gasteiger partial charge in [0.05, 0.1) is 16.5 Å². The van der Waals surface area contributed by atoms with Crippen molar-refractivity contribution in [1.82, 2.24) is 9.88 Å². The minimum absolute atomic E-state index is 0.111. The average Bonchev–Trinajstić information content (AvgIpc) is 2.83. The molecule has 1 aliphatic rings. The first-order valence-electron chi connectivity index (χ1n) is 10.7. The molecular weight excluding hydrogens is 402 g/mol. The van der Waals surface area contributed by atoms with Gasteiger partial charge in [0.1, 0.15) is 17.7 Å². The fraction of sp³-hybridized carbons (Fsp3) is 0.192. The molecule has 1 saturated heterocycles. The van der Waals surface area contributed by atoms with E-state index < -0.39 is 0 Å². The first kappa shape index (κ1) is 20.0. The van der Waals surface area contributed by atoms with Crippen LogP contribution in [0.3, 0.4) is 0 Å². The molecule has 0 bridgehead atoms. The SMILES string of the molecule is Cc1ccc2occ(/C=C/C(=O)N3CCN(c4ccc5ccccc5n4)CC3)c(=O)c2c1. The monoisotopic (exact) mass is 425 g/mol. The lowest BCUT2D eigenvalue weighted by Crippen LogP contribution is -2.48. The topological polar surface area (TPSA) is 66.7 Å². The third-order valence-corrected chi connectivity index (χ3v) is 5.86. The van der Waals surface area contributed by atoms with Gasteiger partial charge in [-0.15, -0.1) is 0 Å². The van der Waals surface area contributed by atoms with Gasteiger partial charge in [-0.05, 0) is 43.3 Å². The molecule has 1 amide bonds. The summed E-state index contributed by atoms with van der Waals surface area (Å²) < 4.78 is 5.56. The lowest BCUT2D eigenvalue weighted by Gasteiger charge is -2.35. The number of aryl methyl sites for hydroxylation is 1. The molecule has 160 valence electrons. The number of anilines is 1. The Labute approximate surface area is 185 Å². The number of amides is 1. The van der Waals surface area contributed by atoms with Crippen molar-refractivity contribution < 1.29 is 9.21 Å². The number of nitrogens with zero attached hydrogens (tertiary/aromatic N) is 3. The summed E-state index contributed by atoms with van der Waals surface area (Å²) in [5, 5.41) is 1.64. The summed E-state index contributed by atoms with van der Waals surface area (Å²) in [6.45, 7) is 4.55. The van der Waals surface area contributed by atoms with Crippen molar-refractivity contribution in [3.63, 3.8) is 0 Å². The maximum Gasteiger partial charge on any atom is 0.246 e. The average molecular weight is 425 g/mol. The van der Waals surface area contributed by atoms with Crippen LogP contribution in [0.15, 0.2) is 76.1 Å². The number of pyridine rings is 1. The van der Waals surface area contributed by atoms with E-state index in [1.807, 2.05) is 43.3 Å². The molecule has 0 saturated carbocycles. The molecule has 6 heteroatoms. The Bertz CT molecular complexity index is 1400. The van der Waals surface area contributed by atoms with Gasteiger partial charge in [0, 0.05) is 37.6 Å². The van der Waals surface area contributed by atoms with Crippen molar-refractivity contribution in [2.24, 2.45) is 0 Å². The van der Waals surface area contributed by atoms with E-state index in [1.165, 1.54) is 12.3 Å². The lowest BCUT2D eigenvalue weighted by molar-refractivity contribution is -0.126. The first-order chi connectivity index (χ1) is 15.6. The first-order valence-corrected chi connectivity index (χ1v) is 10.7. The highest BCUT2D eigenvalue weighted by Gasteiger charge is 2.20. The van der Waals surface area contributed by atoms with Gasteiger partial charge in [-0.2, -0.15) is 0 Å². The summed E-state index contributed by atoms with van der Waals surface area (Å²) in [4.78, 5) is 34.1. The van der Waals surface area contributed by atoms with Gasteiger partial charge in [0.15, 0.2) is 5.43 Å². The molecule has 6 nitrogen and oxygen atoms in total. The zero-order valence-corrected chi connectivity index (χ0v) is 17.8. The normalized spacial score (nSPS) is 14.5. The van der Waals surface area contributed by atoms with Crippen molar-refractivity contribution in [3.8, 4) is 0 Å². The van der Waals surface area contributed by atoms with Gasteiger partial charge in [-0.1, -0.05) is 29.8 Å². The number of benzene rings is 2. The highest BCUT2D eigenvalue weighted by Crippen LogP contribution is 2.19.